The maximum atomic E-state index is 13.5. The lowest BCUT2D eigenvalue weighted by Gasteiger charge is -2.13. The lowest BCUT2D eigenvalue weighted by atomic mass is 9.94. The molecule has 1 saturated heterocycles. The molecule has 1 aromatic carbocycles. The maximum Gasteiger partial charge on any atom is 0.127 e. The third kappa shape index (κ3) is 0.960. The Hall–Kier alpha value is -0.960. The van der Waals surface area contributed by atoms with Crippen molar-refractivity contribution in [3.63, 3.8) is 0 Å². The van der Waals surface area contributed by atoms with E-state index in [-0.39, 0.29) is 17.0 Å². The van der Waals surface area contributed by atoms with Crippen LogP contribution in [0.15, 0.2) is 18.2 Å². The molecule has 2 fully saturated rings. The molecule has 0 bridgehead atoms. The van der Waals surface area contributed by atoms with Gasteiger partial charge in [-0.3, -0.25) is 0 Å². The Kier molecular flexibility index (Phi) is 1.52. The van der Waals surface area contributed by atoms with E-state index in [1.165, 1.54) is 18.2 Å². The van der Waals surface area contributed by atoms with Crippen LogP contribution in [0.2, 0.25) is 0 Å². The summed E-state index contributed by atoms with van der Waals surface area (Å²) in [6.07, 6.45) is 1.00. The van der Waals surface area contributed by atoms with Crippen molar-refractivity contribution in [2.75, 3.05) is 13.1 Å². The first-order valence-electron chi connectivity index (χ1n) is 4.89. The van der Waals surface area contributed by atoms with Crippen molar-refractivity contribution in [2.24, 2.45) is 5.92 Å². The van der Waals surface area contributed by atoms with Crippen LogP contribution < -0.4 is 5.32 Å². The van der Waals surface area contributed by atoms with Crippen LogP contribution in [-0.4, -0.2) is 13.1 Å². The van der Waals surface area contributed by atoms with E-state index in [2.05, 4.69) is 5.32 Å². The van der Waals surface area contributed by atoms with Gasteiger partial charge in [-0.1, -0.05) is 0 Å². The minimum absolute atomic E-state index is 0.0911. The van der Waals surface area contributed by atoms with Gasteiger partial charge in [-0.2, -0.15) is 0 Å². The maximum absolute atomic E-state index is 13.5. The first-order valence-corrected chi connectivity index (χ1v) is 4.89. The van der Waals surface area contributed by atoms with E-state index >= 15 is 0 Å². The van der Waals surface area contributed by atoms with Crippen LogP contribution in [-0.2, 0) is 5.41 Å². The summed E-state index contributed by atoms with van der Waals surface area (Å²) < 4.78 is 26.5. The summed E-state index contributed by atoms with van der Waals surface area (Å²) in [6, 6.07) is 3.75. The Morgan fingerprint density at radius 3 is 2.86 bits per heavy atom. The fourth-order valence-electron chi connectivity index (χ4n) is 2.64. The zero-order chi connectivity index (χ0) is 9.76. The molecule has 2 unspecified atom stereocenters. The number of benzene rings is 1. The summed E-state index contributed by atoms with van der Waals surface area (Å²) in [7, 11) is 0. The highest BCUT2D eigenvalue weighted by molar-refractivity contribution is 5.38. The number of fused-ring (bicyclic) bond motifs is 1. The molecule has 1 aliphatic heterocycles. The van der Waals surface area contributed by atoms with Gasteiger partial charge in [-0.05, 0) is 42.6 Å². The highest BCUT2D eigenvalue weighted by atomic mass is 19.1. The van der Waals surface area contributed by atoms with Crippen LogP contribution in [0.1, 0.15) is 12.0 Å². The minimum Gasteiger partial charge on any atom is -0.316 e. The van der Waals surface area contributed by atoms with Gasteiger partial charge >= 0.3 is 0 Å². The van der Waals surface area contributed by atoms with Gasteiger partial charge in [0.2, 0.25) is 0 Å². The van der Waals surface area contributed by atoms with Gasteiger partial charge in [0.05, 0.1) is 0 Å². The Balaban J connectivity index is 2.08. The van der Waals surface area contributed by atoms with Gasteiger partial charge in [0.25, 0.3) is 0 Å². The summed E-state index contributed by atoms with van der Waals surface area (Å²) in [5, 5.41) is 3.22. The van der Waals surface area contributed by atoms with Crippen molar-refractivity contribution < 1.29 is 8.78 Å². The molecule has 2 aliphatic rings. The lowest BCUT2D eigenvalue weighted by molar-refractivity contribution is 0.552. The zero-order valence-electron chi connectivity index (χ0n) is 7.69. The van der Waals surface area contributed by atoms with Crippen LogP contribution in [0.4, 0.5) is 8.78 Å². The molecule has 1 nitrogen and oxygen atoms in total. The molecule has 2 atom stereocenters. The summed E-state index contributed by atoms with van der Waals surface area (Å²) in [5.41, 5.74) is 0.471. The Bertz CT molecular complexity index is 391. The molecule has 1 saturated carbocycles. The molecule has 1 N–H and O–H groups in total. The molecule has 0 amide bonds. The largest absolute Gasteiger partial charge is 0.316 e. The van der Waals surface area contributed by atoms with E-state index in [1.54, 1.807) is 0 Å². The number of piperidine rings is 1. The predicted octanol–water partition coefficient (Wildman–Crippen LogP) is 1.83. The molecule has 1 aromatic rings. The minimum atomic E-state index is -0.340. The molecule has 0 spiro atoms. The molecule has 1 heterocycles. The number of hydrogen-bond donors (Lipinski definition) is 1. The van der Waals surface area contributed by atoms with E-state index in [1.807, 2.05) is 0 Å². The van der Waals surface area contributed by atoms with Gasteiger partial charge in [-0.15, -0.1) is 0 Å². The van der Waals surface area contributed by atoms with Crippen LogP contribution in [0.25, 0.3) is 0 Å². The Labute approximate surface area is 81.1 Å². The van der Waals surface area contributed by atoms with Crippen molar-refractivity contribution in [2.45, 2.75) is 11.8 Å². The lowest BCUT2D eigenvalue weighted by Crippen LogP contribution is -2.20. The Morgan fingerprint density at radius 1 is 1.36 bits per heavy atom. The molecule has 3 rings (SSSR count). The van der Waals surface area contributed by atoms with Crippen LogP contribution in [0.5, 0.6) is 0 Å². The summed E-state index contributed by atoms with van der Waals surface area (Å²) in [6.45, 7) is 1.73. The van der Waals surface area contributed by atoms with Crippen molar-refractivity contribution in [3.05, 3.63) is 35.4 Å². The first kappa shape index (κ1) is 8.36. The SMILES string of the molecule is Fc1ccc(F)c(C23CNCC2C3)c1. The van der Waals surface area contributed by atoms with Crippen molar-refractivity contribution in [1.82, 2.24) is 5.32 Å². The predicted molar refractivity (Wildman–Crippen MR) is 49.0 cm³/mol. The van der Waals surface area contributed by atoms with Gasteiger partial charge < -0.3 is 5.32 Å². The fraction of sp³-hybridized carbons (Fsp3) is 0.455. The van der Waals surface area contributed by atoms with Gasteiger partial charge in [-0.25, -0.2) is 8.78 Å². The topological polar surface area (TPSA) is 12.0 Å². The quantitative estimate of drug-likeness (QED) is 0.720. The Morgan fingerprint density at radius 2 is 2.21 bits per heavy atom. The van der Waals surface area contributed by atoms with Gasteiger partial charge in [0.1, 0.15) is 11.6 Å². The molecule has 14 heavy (non-hydrogen) atoms. The highest BCUT2D eigenvalue weighted by Crippen LogP contribution is 2.56. The molecule has 0 radical (unpaired) electrons. The van der Waals surface area contributed by atoms with E-state index in [9.17, 15) is 8.78 Å². The normalized spacial score (nSPS) is 34.3. The summed E-state index contributed by atoms with van der Waals surface area (Å²) in [4.78, 5) is 0. The zero-order valence-corrected chi connectivity index (χ0v) is 7.69. The van der Waals surface area contributed by atoms with Gasteiger partial charge in [0, 0.05) is 12.0 Å². The third-order valence-corrected chi connectivity index (χ3v) is 3.53. The molecular weight excluding hydrogens is 184 g/mol. The summed E-state index contributed by atoms with van der Waals surface area (Å²) >= 11 is 0. The standard InChI is InChI=1S/C11H11F2N/c12-8-1-2-10(13)9(3-8)11-4-7(11)5-14-6-11/h1-3,7,14H,4-6H2. The van der Waals surface area contributed by atoms with E-state index in [4.69, 9.17) is 0 Å². The fourth-order valence-corrected chi connectivity index (χ4v) is 2.64. The van der Waals surface area contributed by atoms with Gasteiger partial charge in [0.15, 0.2) is 0 Å². The number of nitrogens with one attached hydrogen (secondary N) is 1. The second-order valence-corrected chi connectivity index (χ2v) is 4.31. The van der Waals surface area contributed by atoms with E-state index < -0.39 is 0 Å². The molecule has 0 aromatic heterocycles. The second-order valence-electron chi connectivity index (χ2n) is 4.31. The molecule has 1 aliphatic carbocycles. The number of rotatable bonds is 1. The van der Waals surface area contributed by atoms with Crippen LogP contribution in [0.3, 0.4) is 0 Å². The average Bonchev–Trinajstić information content (AvgIpc) is 2.74. The third-order valence-electron chi connectivity index (χ3n) is 3.53. The smallest absolute Gasteiger partial charge is 0.127 e. The molecule has 3 heteroatoms. The average molecular weight is 195 g/mol. The number of hydrogen-bond acceptors (Lipinski definition) is 1. The molecule has 74 valence electrons. The van der Waals surface area contributed by atoms with Crippen LogP contribution in [0, 0.1) is 17.6 Å². The van der Waals surface area contributed by atoms with E-state index in [0.29, 0.717) is 11.5 Å². The molecular formula is C11H11F2N. The van der Waals surface area contributed by atoms with Crippen molar-refractivity contribution in [1.29, 1.82) is 0 Å². The van der Waals surface area contributed by atoms with E-state index in [0.717, 1.165) is 19.5 Å². The van der Waals surface area contributed by atoms with Crippen LogP contribution >= 0.6 is 0 Å². The van der Waals surface area contributed by atoms with Crippen molar-refractivity contribution >= 4 is 0 Å². The van der Waals surface area contributed by atoms with Crippen molar-refractivity contribution in [3.8, 4) is 0 Å². The highest BCUT2D eigenvalue weighted by Gasteiger charge is 2.59. The monoisotopic (exact) mass is 195 g/mol. The second kappa shape index (κ2) is 2.54. The summed E-state index contributed by atoms with van der Waals surface area (Å²) in [5.74, 6) is -0.0928. The first-order chi connectivity index (χ1) is 6.72. The number of halogens is 2.